The number of nitrogens with one attached hydrogen (secondary N) is 1. The van der Waals surface area contributed by atoms with Gasteiger partial charge >= 0.3 is 11.9 Å². The van der Waals surface area contributed by atoms with Crippen molar-refractivity contribution in [3.8, 4) is 34.2 Å². The third kappa shape index (κ3) is 5.88. The van der Waals surface area contributed by atoms with Crippen LogP contribution in [0.2, 0.25) is 0 Å². The summed E-state index contributed by atoms with van der Waals surface area (Å²) in [6.45, 7) is -0.287. The summed E-state index contributed by atoms with van der Waals surface area (Å²) in [5, 5.41) is 7.31. The molecule has 0 bridgehead atoms. The van der Waals surface area contributed by atoms with Gasteiger partial charge in [-0.05, 0) is 54.6 Å². The number of hydrogen-bond acceptors (Lipinski definition) is 9. The van der Waals surface area contributed by atoms with E-state index in [1.54, 1.807) is 73.8 Å². The number of methoxy groups -OCH3 is 4. The second-order valence-electron chi connectivity index (χ2n) is 8.23. The lowest BCUT2D eigenvalue weighted by molar-refractivity contribution is -0.118. The lowest BCUT2D eigenvalue weighted by Crippen LogP contribution is -2.20. The molecule has 0 fully saturated rings. The van der Waals surface area contributed by atoms with Gasteiger partial charge in [-0.2, -0.15) is 5.10 Å². The Balaban J connectivity index is 1.65. The number of amides is 1. The molecule has 1 heterocycles. The maximum absolute atomic E-state index is 12.9. The fourth-order valence-corrected chi connectivity index (χ4v) is 3.91. The van der Waals surface area contributed by atoms with Crippen LogP contribution in [0.5, 0.6) is 17.2 Å². The number of rotatable bonds is 10. The summed E-state index contributed by atoms with van der Waals surface area (Å²) in [6, 6.07) is 20.5. The Morgan fingerprint density at radius 2 is 1.50 bits per heavy atom. The molecule has 0 aliphatic rings. The molecule has 3 aromatic carbocycles. The third-order valence-corrected chi connectivity index (χ3v) is 5.82. The van der Waals surface area contributed by atoms with Crippen LogP contribution in [0, 0.1) is 0 Å². The van der Waals surface area contributed by atoms with Crippen LogP contribution in [0.1, 0.15) is 20.8 Å². The molecule has 0 spiro atoms. The molecular formula is C29H27N3O8. The van der Waals surface area contributed by atoms with Crippen LogP contribution >= 0.6 is 0 Å². The number of carbonyl (C=O) groups excluding carboxylic acids is 3. The first-order valence-corrected chi connectivity index (χ1v) is 12.0. The van der Waals surface area contributed by atoms with Gasteiger partial charge in [-0.1, -0.05) is 18.2 Å². The summed E-state index contributed by atoms with van der Waals surface area (Å²) >= 11 is 0. The molecule has 0 aliphatic heterocycles. The van der Waals surface area contributed by atoms with Crippen LogP contribution < -0.4 is 19.5 Å². The lowest BCUT2D eigenvalue weighted by Gasteiger charge is -2.12. The number of benzene rings is 3. The zero-order valence-corrected chi connectivity index (χ0v) is 22.3. The molecule has 0 saturated heterocycles. The van der Waals surface area contributed by atoms with Crippen molar-refractivity contribution < 1.29 is 38.1 Å². The summed E-state index contributed by atoms with van der Waals surface area (Å²) in [5.74, 6) is -0.689. The van der Waals surface area contributed by atoms with Gasteiger partial charge in [0.15, 0.2) is 23.8 Å². The minimum atomic E-state index is -0.771. The van der Waals surface area contributed by atoms with Gasteiger partial charge in [0.1, 0.15) is 17.0 Å². The number of aromatic nitrogens is 2. The van der Waals surface area contributed by atoms with E-state index in [9.17, 15) is 14.4 Å². The number of para-hydroxylation sites is 1. The Kier molecular flexibility index (Phi) is 8.65. The lowest BCUT2D eigenvalue weighted by atomic mass is 10.0. The van der Waals surface area contributed by atoms with Crippen LogP contribution in [-0.4, -0.2) is 62.7 Å². The number of carbonyl (C=O) groups is 3. The van der Waals surface area contributed by atoms with Gasteiger partial charge < -0.3 is 29.0 Å². The van der Waals surface area contributed by atoms with Crippen molar-refractivity contribution in [3.05, 3.63) is 84.1 Å². The summed E-state index contributed by atoms with van der Waals surface area (Å²) in [7, 11) is 5.42. The van der Waals surface area contributed by atoms with E-state index in [1.165, 1.54) is 26.0 Å². The van der Waals surface area contributed by atoms with E-state index in [4.69, 9.17) is 23.7 Å². The minimum Gasteiger partial charge on any atom is -0.497 e. The smallest absolute Gasteiger partial charge is 0.357 e. The van der Waals surface area contributed by atoms with Crippen molar-refractivity contribution in [2.75, 3.05) is 40.4 Å². The number of anilines is 1. The minimum absolute atomic E-state index is 0.0761. The second-order valence-corrected chi connectivity index (χ2v) is 8.23. The van der Waals surface area contributed by atoms with Gasteiger partial charge in [-0.3, -0.25) is 4.79 Å². The molecular weight excluding hydrogens is 518 g/mol. The second kappa shape index (κ2) is 12.5. The number of esters is 2. The highest BCUT2D eigenvalue weighted by Gasteiger charge is 2.31. The molecule has 4 aromatic rings. The molecule has 1 N–H and O–H groups in total. The summed E-state index contributed by atoms with van der Waals surface area (Å²) in [4.78, 5) is 38.1. The first-order chi connectivity index (χ1) is 19.4. The van der Waals surface area contributed by atoms with E-state index < -0.39 is 11.9 Å². The molecule has 40 heavy (non-hydrogen) atoms. The van der Waals surface area contributed by atoms with Crippen LogP contribution in [0.25, 0.3) is 16.9 Å². The summed E-state index contributed by atoms with van der Waals surface area (Å²) in [6.07, 6.45) is 0. The molecule has 11 heteroatoms. The first kappa shape index (κ1) is 27.7. The molecule has 1 aromatic heterocycles. The fourth-order valence-electron chi connectivity index (χ4n) is 3.91. The molecule has 0 atom stereocenters. The third-order valence-electron chi connectivity index (χ3n) is 5.82. The van der Waals surface area contributed by atoms with Crippen LogP contribution in [0.4, 0.5) is 5.69 Å². The Morgan fingerprint density at radius 1 is 0.800 bits per heavy atom. The molecule has 11 nitrogen and oxygen atoms in total. The number of nitrogens with zero attached hydrogens (tertiary/aromatic N) is 2. The normalized spacial score (nSPS) is 10.4. The zero-order valence-electron chi connectivity index (χ0n) is 22.3. The first-order valence-electron chi connectivity index (χ1n) is 12.0. The molecule has 206 valence electrons. The van der Waals surface area contributed by atoms with E-state index in [0.717, 1.165) is 0 Å². The molecule has 4 rings (SSSR count). The van der Waals surface area contributed by atoms with Gasteiger partial charge in [0.25, 0.3) is 5.91 Å². The SMILES string of the molecule is COC(=O)c1c(-c2ccc(OCC(=O)Nc3ccc(OC)cc3)c(OC)c2)nn(-c2ccccc2)c1C(=O)OC. The van der Waals surface area contributed by atoms with Crippen molar-refractivity contribution in [1.29, 1.82) is 0 Å². The van der Waals surface area contributed by atoms with Gasteiger partial charge in [0.05, 0.1) is 34.1 Å². The quantitative estimate of drug-likeness (QED) is 0.292. The maximum Gasteiger partial charge on any atom is 0.357 e. The molecule has 0 unspecified atom stereocenters. The largest absolute Gasteiger partial charge is 0.497 e. The monoisotopic (exact) mass is 545 g/mol. The van der Waals surface area contributed by atoms with Crippen LogP contribution in [0.3, 0.4) is 0 Å². The van der Waals surface area contributed by atoms with Crippen molar-refractivity contribution in [1.82, 2.24) is 9.78 Å². The number of hydrogen-bond donors (Lipinski definition) is 1. The zero-order chi connectivity index (χ0) is 28.6. The van der Waals surface area contributed by atoms with E-state index in [1.807, 2.05) is 6.07 Å². The highest BCUT2D eigenvalue weighted by atomic mass is 16.5. The Morgan fingerprint density at radius 3 is 2.12 bits per heavy atom. The Labute approximate surface area is 230 Å². The predicted octanol–water partition coefficient (Wildman–Crippen LogP) is 4.15. The van der Waals surface area contributed by atoms with E-state index in [-0.39, 0.29) is 41.0 Å². The van der Waals surface area contributed by atoms with Crippen molar-refractivity contribution in [3.63, 3.8) is 0 Å². The average molecular weight is 546 g/mol. The standard InChI is InChI=1S/C29H27N3O8/c1-36-21-13-11-19(12-14-21)30-24(33)17-40-22-15-10-18(16-23(22)37-2)26-25(28(34)38-3)27(29(35)39-4)32(31-26)20-8-6-5-7-9-20/h5-16H,17H2,1-4H3,(H,30,33). The Bertz CT molecular complexity index is 1510. The molecule has 0 saturated carbocycles. The number of ether oxygens (including phenoxy) is 5. The summed E-state index contributed by atoms with van der Waals surface area (Å²) < 4.78 is 27.6. The highest BCUT2D eigenvalue weighted by molar-refractivity contribution is 6.07. The topological polar surface area (TPSA) is 127 Å². The fraction of sp³-hybridized carbons (Fsp3) is 0.172. The van der Waals surface area contributed by atoms with Gasteiger partial charge in [-0.15, -0.1) is 0 Å². The van der Waals surface area contributed by atoms with E-state index in [2.05, 4.69) is 10.4 Å². The predicted molar refractivity (Wildman–Crippen MR) is 145 cm³/mol. The molecule has 0 aliphatic carbocycles. The average Bonchev–Trinajstić information content (AvgIpc) is 3.40. The Hall–Kier alpha value is -5.32. The molecule has 0 radical (unpaired) electrons. The van der Waals surface area contributed by atoms with E-state index in [0.29, 0.717) is 22.7 Å². The van der Waals surface area contributed by atoms with Crippen LogP contribution in [-0.2, 0) is 14.3 Å². The molecule has 1 amide bonds. The van der Waals surface area contributed by atoms with Gasteiger partial charge in [0, 0.05) is 11.3 Å². The van der Waals surface area contributed by atoms with Gasteiger partial charge in [-0.25, -0.2) is 14.3 Å². The van der Waals surface area contributed by atoms with Gasteiger partial charge in [0.2, 0.25) is 0 Å². The van der Waals surface area contributed by atoms with Crippen molar-refractivity contribution >= 4 is 23.5 Å². The summed E-state index contributed by atoms with van der Waals surface area (Å²) in [5.41, 5.74) is 1.56. The van der Waals surface area contributed by atoms with Crippen LogP contribution in [0.15, 0.2) is 72.8 Å². The van der Waals surface area contributed by atoms with E-state index >= 15 is 0 Å². The van der Waals surface area contributed by atoms with Crippen molar-refractivity contribution in [2.45, 2.75) is 0 Å². The highest BCUT2D eigenvalue weighted by Crippen LogP contribution is 2.35. The van der Waals surface area contributed by atoms with Crippen molar-refractivity contribution in [2.24, 2.45) is 0 Å². The maximum atomic E-state index is 12.9.